The number of halogens is 3. The van der Waals surface area contributed by atoms with Crippen LogP contribution in [-0.4, -0.2) is 31.3 Å². The summed E-state index contributed by atoms with van der Waals surface area (Å²) in [7, 11) is 0. The highest BCUT2D eigenvalue weighted by Crippen LogP contribution is 2.25. The third-order valence-electron chi connectivity index (χ3n) is 3.63. The summed E-state index contributed by atoms with van der Waals surface area (Å²) in [6.45, 7) is 3.47. The van der Waals surface area contributed by atoms with Gasteiger partial charge in [-0.05, 0) is 31.5 Å². The zero-order valence-electron chi connectivity index (χ0n) is 13.8. The molecule has 0 saturated carbocycles. The van der Waals surface area contributed by atoms with Crippen LogP contribution in [0.2, 0.25) is 0 Å². The minimum atomic E-state index is -4.73. The number of nitrogens with one attached hydrogen (secondary N) is 1. The van der Waals surface area contributed by atoms with Gasteiger partial charge in [-0.2, -0.15) is 0 Å². The molecule has 0 spiro atoms. The number of hydrogen-bond donors (Lipinski definition) is 1. The Hall–Kier alpha value is -3.17. The average molecular weight is 365 g/mol. The fourth-order valence-electron chi connectivity index (χ4n) is 2.39. The van der Waals surface area contributed by atoms with Crippen molar-refractivity contribution >= 4 is 0 Å². The van der Waals surface area contributed by atoms with Crippen LogP contribution >= 0.6 is 0 Å². The summed E-state index contributed by atoms with van der Waals surface area (Å²) < 4.78 is 42.0. The van der Waals surface area contributed by atoms with Crippen LogP contribution < -0.4 is 10.3 Å². The van der Waals surface area contributed by atoms with E-state index in [-0.39, 0.29) is 17.4 Å². The van der Waals surface area contributed by atoms with E-state index in [0.29, 0.717) is 22.8 Å². The smallest absolute Gasteiger partial charge is 0.406 e. The van der Waals surface area contributed by atoms with Crippen molar-refractivity contribution in [2.75, 3.05) is 0 Å². The second kappa shape index (κ2) is 6.62. The van der Waals surface area contributed by atoms with Crippen LogP contribution in [0.5, 0.6) is 5.75 Å². The van der Waals surface area contributed by atoms with Gasteiger partial charge in [-0.15, -0.1) is 18.3 Å². The number of aromatic nitrogens is 5. The van der Waals surface area contributed by atoms with Crippen LogP contribution in [0.15, 0.2) is 41.3 Å². The lowest BCUT2D eigenvalue weighted by atomic mass is 10.1. The molecule has 1 N–H and O–H groups in total. The van der Waals surface area contributed by atoms with Crippen LogP contribution in [0.3, 0.4) is 0 Å². The minimum absolute atomic E-state index is 0.292. The average Bonchev–Trinajstić information content (AvgIpc) is 3.02. The number of benzene rings is 1. The first-order chi connectivity index (χ1) is 12.2. The van der Waals surface area contributed by atoms with Crippen LogP contribution in [0, 0.1) is 6.92 Å². The Balaban J connectivity index is 1.81. The summed E-state index contributed by atoms with van der Waals surface area (Å²) in [5.74, 6) is 0.159. The molecule has 1 atom stereocenters. The molecule has 2 heterocycles. The van der Waals surface area contributed by atoms with Gasteiger partial charge in [0.15, 0.2) is 0 Å². The van der Waals surface area contributed by atoms with Gasteiger partial charge in [-0.25, -0.2) is 9.67 Å². The van der Waals surface area contributed by atoms with Crippen LogP contribution in [-0.2, 0) is 0 Å². The largest absolute Gasteiger partial charge is 0.573 e. The third kappa shape index (κ3) is 4.08. The molecule has 136 valence electrons. The molecule has 0 amide bonds. The fraction of sp³-hybridized carbons (Fsp3) is 0.250. The molecule has 0 aliphatic heterocycles. The Morgan fingerprint density at radius 2 is 1.88 bits per heavy atom. The van der Waals surface area contributed by atoms with E-state index in [0.717, 1.165) is 0 Å². The summed E-state index contributed by atoms with van der Waals surface area (Å²) in [5, 5.41) is 8.02. The predicted octanol–water partition coefficient (Wildman–Crippen LogP) is 2.84. The Morgan fingerprint density at radius 3 is 2.50 bits per heavy atom. The maximum Gasteiger partial charge on any atom is 0.573 e. The molecule has 0 aliphatic rings. The molecule has 3 rings (SSSR count). The normalized spacial score (nSPS) is 12.8. The zero-order valence-corrected chi connectivity index (χ0v) is 13.8. The molecule has 0 radical (unpaired) electrons. The molecule has 2 aromatic heterocycles. The van der Waals surface area contributed by atoms with Gasteiger partial charge in [-0.1, -0.05) is 17.3 Å². The summed E-state index contributed by atoms with van der Waals surface area (Å²) >= 11 is 0. The van der Waals surface area contributed by atoms with Gasteiger partial charge in [0.1, 0.15) is 17.3 Å². The van der Waals surface area contributed by atoms with Crippen molar-refractivity contribution in [2.24, 2.45) is 0 Å². The Labute approximate surface area is 145 Å². The van der Waals surface area contributed by atoms with Crippen molar-refractivity contribution in [1.82, 2.24) is 25.0 Å². The number of aromatic amines is 1. The summed E-state index contributed by atoms with van der Waals surface area (Å²) in [4.78, 5) is 18.3. The van der Waals surface area contributed by atoms with E-state index in [2.05, 4.69) is 25.0 Å². The number of rotatable bonds is 4. The lowest BCUT2D eigenvalue weighted by Gasteiger charge is -2.13. The zero-order chi connectivity index (χ0) is 18.9. The number of H-pyrrole nitrogens is 1. The lowest BCUT2D eigenvalue weighted by molar-refractivity contribution is -0.274. The highest BCUT2D eigenvalue weighted by molar-refractivity contribution is 5.51. The van der Waals surface area contributed by atoms with Crippen molar-refractivity contribution in [3.05, 3.63) is 58.3 Å². The van der Waals surface area contributed by atoms with Gasteiger partial charge in [0, 0.05) is 6.07 Å². The maximum absolute atomic E-state index is 12.2. The first kappa shape index (κ1) is 17.6. The molecule has 10 heteroatoms. The first-order valence-corrected chi connectivity index (χ1v) is 7.57. The SMILES string of the molecule is Cc1nc(-c2cn(C(C)c3ccc(OC(F)(F)F)cc3)nn2)cc(=O)[nH]1. The number of nitrogens with zero attached hydrogens (tertiary/aromatic N) is 4. The minimum Gasteiger partial charge on any atom is -0.406 e. The van der Waals surface area contributed by atoms with Crippen LogP contribution in [0.1, 0.15) is 24.4 Å². The molecule has 0 bridgehead atoms. The van der Waals surface area contributed by atoms with Gasteiger partial charge < -0.3 is 9.72 Å². The summed E-state index contributed by atoms with van der Waals surface area (Å²) in [6.07, 6.45) is -3.11. The quantitative estimate of drug-likeness (QED) is 0.768. The highest BCUT2D eigenvalue weighted by atomic mass is 19.4. The predicted molar refractivity (Wildman–Crippen MR) is 85.5 cm³/mol. The molecule has 7 nitrogen and oxygen atoms in total. The number of aryl methyl sites for hydroxylation is 1. The molecule has 0 saturated heterocycles. The molecule has 1 unspecified atom stereocenters. The highest BCUT2D eigenvalue weighted by Gasteiger charge is 2.31. The van der Waals surface area contributed by atoms with Gasteiger partial charge in [0.25, 0.3) is 5.56 Å². The Kier molecular flexibility index (Phi) is 4.49. The van der Waals surface area contributed by atoms with E-state index in [1.807, 2.05) is 6.92 Å². The van der Waals surface area contributed by atoms with Crippen molar-refractivity contribution < 1.29 is 17.9 Å². The van der Waals surface area contributed by atoms with Gasteiger partial charge in [-0.3, -0.25) is 4.79 Å². The van der Waals surface area contributed by atoms with Crippen LogP contribution in [0.4, 0.5) is 13.2 Å². The van der Waals surface area contributed by atoms with Crippen molar-refractivity contribution in [2.45, 2.75) is 26.3 Å². The van der Waals surface area contributed by atoms with E-state index in [4.69, 9.17) is 0 Å². The second-order valence-corrected chi connectivity index (χ2v) is 5.59. The molecule has 0 aliphatic carbocycles. The number of ether oxygens (including phenoxy) is 1. The van der Waals surface area contributed by atoms with Crippen molar-refractivity contribution in [3.8, 4) is 17.1 Å². The molecule has 3 aromatic rings. The number of alkyl halides is 3. The maximum atomic E-state index is 12.2. The lowest BCUT2D eigenvalue weighted by Crippen LogP contribution is -2.17. The summed E-state index contributed by atoms with van der Waals surface area (Å²) in [5.41, 5.74) is 1.23. The van der Waals surface area contributed by atoms with Crippen molar-refractivity contribution in [1.29, 1.82) is 0 Å². The topological polar surface area (TPSA) is 85.7 Å². The first-order valence-electron chi connectivity index (χ1n) is 7.57. The van der Waals surface area contributed by atoms with E-state index >= 15 is 0 Å². The Morgan fingerprint density at radius 1 is 1.19 bits per heavy atom. The molecule has 26 heavy (non-hydrogen) atoms. The molecule has 1 aromatic carbocycles. The fourth-order valence-corrected chi connectivity index (χ4v) is 2.39. The van der Waals surface area contributed by atoms with E-state index in [1.165, 1.54) is 35.0 Å². The Bertz CT molecular complexity index is 963. The van der Waals surface area contributed by atoms with E-state index in [1.54, 1.807) is 13.1 Å². The molecular weight excluding hydrogens is 351 g/mol. The van der Waals surface area contributed by atoms with Gasteiger partial charge in [0.2, 0.25) is 0 Å². The van der Waals surface area contributed by atoms with E-state index in [9.17, 15) is 18.0 Å². The third-order valence-corrected chi connectivity index (χ3v) is 3.63. The van der Waals surface area contributed by atoms with Crippen molar-refractivity contribution in [3.63, 3.8) is 0 Å². The van der Waals surface area contributed by atoms with E-state index < -0.39 is 6.36 Å². The standard InChI is InChI=1S/C16H14F3N5O2/c1-9(11-3-5-12(6-4-11)26-16(17,18)19)24-8-14(22-23-24)13-7-15(25)21-10(2)20-13/h3-9H,1-2H3,(H,20,21,25). The van der Waals surface area contributed by atoms with Gasteiger partial charge >= 0.3 is 6.36 Å². The number of hydrogen-bond acceptors (Lipinski definition) is 5. The molecule has 0 fully saturated rings. The molecular formula is C16H14F3N5O2. The summed E-state index contributed by atoms with van der Waals surface area (Å²) in [6, 6.07) is 6.53. The second-order valence-electron chi connectivity index (χ2n) is 5.59. The van der Waals surface area contributed by atoms with Crippen LogP contribution in [0.25, 0.3) is 11.4 Å². The monoisotopic (exact) mass is 365 g/mol. The van der Waals surface area contributed by atoms with Gasteiger partial charge in [0.05, 0.1) is 17.9 Å².